The maximum Gasteiger partial charge on any atom is 0.331 e. The van der Waals surface area contributed by atoms with Gasteiger partial charge < -0.3 is 5.11 Å². The zero-order chi connectivity index (χ0) is 13.7. The van der Waals surface area contributed by atoms with E-state index in [4.69, 9.17) is 5.11 Å². The van der Waals surface area contributed by atoms with E-state index in [9.17, 15) is 9.59 Å². The van der Waals surface area contributed by atoms with Crippen molar-refractivity contribution in [3.8, 4) is 0 Å². The highest BCUT2D eigenvalue weighted by molar-refractivity contribution is 5.90. The monoisotopic (exact) mass is 250 g/mol. The molecule has 1 atom stereocenters. The van der Waals surface area contributed by atoms with E-state index in [0.29, 0.717) is 30.3 Å². The number of allylic oxidation sites excluding steroid dienone is 3. The maximum absolute atomic E-state index is 11.7. The second kappa shape index (κ2) is 6.53. The van der Waals surface area contributed by atoms with Crippen LogP contribution in [0.2, 0.25) is 0 Å². The molecule has 1 N–H and O–H groups in total. The maximum atomic E-state index is 11.7. The van der Waals surface area contributed by atoms with E-state index < -0.39 is 5.97 Å². The minimum absolute atomic E-state index is 0.176. The molecule has 0 heterocycles. The van der Waals surface area contributed by atoms with Crippen molar-refractivity contribution in [1.82, 2.24) is 0 Å². The molecule has 1 unspecified atom stereocenters. The van der Waals surface area contributed by atoms with Gasteiger partial charge in [-0.2, -0.15) is 0 Å². The number of hydrogen-bond donors (Lipinski definition) is 1. The Morgan fingerprint density at radius 1 is 1.50 bits per heavy atom. The van der Waals surface area contributed by atoms with Crippen molar-refractivity contribution in [2.45, 2.75) is 46.5 Å². The molecule has 0 saturated heterocycles. The molecule has 1 aliphatic rings. The summed E-state index contributed by atoms with van der Waals surface area (Å²) in [5, 5.41) is 8.87. The predicted octanol–water partition coefficient (Wildman–Crippen LogP) is 3.36. The van der Waals surface area contributed by atoms with Gasteiger partial charge in [-0.15, -0.1) is 0 Å². The highest BCUT2D eigenvalue weighted by atomic mass is 16.4. The summed E-state index contributed by atoms with van der Waals surface area (Å²) in [5.41, 5.74) is 1.59. The molecule has 0 radical (unpaired) electrons. The van der Waals surface area contributed by atoms with Crippen LogP contribution in [0.15, 0.2) is 23.3 Å². The van der Waals surface area contributed by atoms with Crippen molar-refractivity contribution in [2.75, 3.05) is 0 Å². The third-order valence-corrected chi connectivity index (χ3v) is 3.33. The van der Waals surface area contributed by atoms with Crippen molar-refractivity contribution in [3.63, 3.8) is 0 Å². The van der Waals surface area contributed by atoms with Crippen molar-refractivity contribution in [3.05, 3.63) is 23.3 Å². The van der Waals surface area contributed by atoms with Crippen LogP contribution in [-0.4, -0.2) is 16.9 Å². The van der Waals surface area contributed by atoms with Gasteiger partial charge in [-0.05, 0) is 44.1 Å². The molecule has 0 aromatic rings. The van der Waals surface area contributed by atoms with Gasteiger partial charge >= 0.3 is 5.97 Å². The van der Waals surface area contributed by atoms with Crippen molar-refractivity contribution >= 4 is 11.8 Å². The van der Waals surface area contributed by atoms with Crippen LogP contribution in [0.1, 0.15) is 46.5 Å². The fraction of sp³-hybridized carbons (Fsp3) is 0.600. The van der Waals surface area contributed by atoms with Gasteiger partial charge in [0.1, 0.15) is 0 Å². The van der Waals surface area contributed by atoms with E-state index in [2.05, 4.69) is 0 Å². The highest BCUT2D eigenvalue weighted by Crippen LogP contribution is 2.29. The van der Waals surface area contributed by atoms with E-state index in [1.165, 1.54) is 0 Å². The Hall–Kier alpha value is -1.38. The summed E-state index contributed by atoms with van der Waals surface area (Å²) in [4.78, 5) is 22.5. The minimum Gasteiger partial charge on any atom is -0.478 e. The summed E-state index contributed by atoms with van der Waals surface area (Å²) in [6.45, 7) is 6.04. The normalized spacial score (nSPS) is 20.8. The molecule has 0 aliphatic heterocycles. The quantitative estimate of drug-likeness (QED) is 0.761. The van der Waals surface area contributed by atoms with Gasteiger partial charge in [0.25, 0.3) is 0 Å². The molecule has 0 aromatic carbocycles. The average molecular weight is 250 g/mol. The molecule has 3 heteroatoms. The van der Waals surface area contributed by atoms with Crippen molar-refractivity contribution in [2.24, 2.45) is 11.8 Å². The van der Waals surface area contributed by atoms with Crippen LogP contribution in [0.4, 0.5) is 0 Å². The molecule has 100 valence electrons. The van der Waals surface area contributed by atoms with Gasteiger partial charge in [0.05, 0.1) is 0 Å². The lowest BCUT2D eigenvalue weighted by atomic mass is 9.84. The van der Waals surface area contributed by atoms with Crippen molar-refractivity contribution in [1.29, 1.82) is 0 Å². The lowest BCUT2D eigenvalue weighted by molar-refractivity contribution is -0.133. The Morgan fingerprint density at radius 3 is 2.61 bits per heavy atom. The molecule has 1 aliphatic carbocycles. The number of carboxylic acids is 1. The highest BCUT2D eigenvalue weighted by Gasteiger charge is 2.19. The van der Waals surface area contributed by atoms with Gasteiger partial charge in [0.2, 0.25) is 0 Å². The molecular weight excluding hydrogens is 228 g/mol. The van der Waals surface area contributed by atoms with E-state index >= 15 is 0 Å². The van der Waals surface area contributed by atoms with Crippen LogP contribution >= 0.6 is 0 Å². The van der Waals surface area contributed by atoms with Gasteiger partial charge in [-0.3, -0.25) is 4.79 Å². The predicted molar refractivity (Wildman–Crippen MR) is 71.3 cm³/mol. The average Bonchev–Trinajstić information content (AvgIpc) is 2.27. The number of aliphatic carboxylic acids is 1. The second-order valence-electron chi connectivity index (χ2n) is 5.46. The van der Waals surface area contributed by atoms with E-state index in [0.717, 1.165) is 18.4 Å². The van der Waals surface area contributed by atoms with Crippen LogP contribution in [-0.2, 0) is 9.59 Å². The molecule has 0 saturated carbocycles. The first-order chi connectivity index (χ1) is 8.40. The summed E-state index contributed by atoms with van der Waals surface area (Å²) in [6, 6.07) is 0. The molecular formula is C15H22O3. The second-order valence-corrected chi connectivity index (χ2v) is 5.46. The SMILES string of the molecule is C/C(=C\C(=O)CC(C)C)C1CC=C(C(=O)O)CC1. The Labute approximate surface area is 109 Å². The Bertz CT molecular complexity index is 389. The first-order valence-corrected chi connectivity index (χ1v) is 6.53. The summed E-state index contributed by atoms with van der Waals surface area (Å²) in [5.74, 6) is 0.0668. The third-order valence-electron chi connectivity index (χ3n) is 3.33. The fourth-order valence-corrected chi connectivity index (χ4v) is 2.28. The molecule has 1 rings (SSSR count). The van der Waals surface area contributed by atoms with Crippen LogP contribution in [0, 0.1) is 11.8 Å². The lowest BCUT2D eigenvalue weighted by Gasteiger charge is -2.21. The number of carbonyl (C=O) groups is 2. The molecule has 0 aromatic heterocycles. The smallest absolute Gasteiger partial charge is 0.331 e. The number of carbonyl (C=O) groups excluding carboxylic acids is 1. The zero-order valence-electron chi connectivity index (χ0n) is 11.4. The van der Waals surface area contributed by atoms with Crippen LogP contribution in [0.5, 0.6) is 0 Å². The van der Waals surface area contributed by atoms with Gasteiger partial charge in [-0.1, -0.05) is 25.5 Å². The minimum atomic E-state index is -0.814. The van der Waals surface area contributed by atoms with E-state index in [1.54, 1.807) is 12.2 Å². The number of hydrogen-bond acceptors (Lipinski definition) is 2. The first-order valence-electron chi connectivity index (χ1n) is 6.53. The molecule has 3 nitrogen and oxygen atoms in total. The van der Waals surface area contributed by atoms with Gasteiger partial charge in [0, 0.05) is 12.0 Å². The number of ketones is 1. The molecule has 0 amide bonds. The lowest BCUT2D eigenvalue weighted by Crippen LogP contribution is -2.12. The van der Waals surface area contributed by atoms with Gasteiger partial charge in [0.15, 0.2) is 5.78 Å². The van der Waals surface area contributed by atoms with E-state index in [1.807, 2.05) is 20.8 Å². The zero-order valence-corrected chi connectivity index (χ0v) is 11.4. The summed E-state index contributed by atoms with van der Waals surface area (Å²) in [7, 11) is 0. The Kier molecular flexibility index (Phi) is 5.32. The topological polar surface area (TPSA) is 54.4 Å². The van der Waals surface area contributed by atoms with Crippen LogP contribution < -0.4 is 0 Å². The third kappa shape index (κ3) is 4.47. The number of rotatable bonds is 5. The largest absolute Gasteiger partial charge is 0.478 e. The standard InChI is InChI=1S/C15H22O3/c1-10(2)8-14(16)9-11(3)12-4-6-13(7-5-12)15(17)18/h6,9-10,12H,4-5,7-8H2,1-3H3,(H,17,18)/b11-9+. The molecule has 0 spiro atoms. The molecule has 0 bridgehead atoms. The van der Waals surface area contributed by atoms with E-state index in [-0.39, 0.29) is 5.78 Å². The summed E-state index contributed by atoms with van der Waals surface area (Å²) >= 11 is 0. The van der Waals surface area contributed by atoms with Crippen LogP contribution in [0.25, 0.3) is 0 Å². The Balaban J connectivity index is 2.59. The van der Waals surface area contributed by atoms with Gasteiger partial charge in [-0.25, -0.2) is 4.79 Å². The fourth-order valence-electron chi connectivity index (χ4n) is 2.28. The first kappa shape index (κ1) is 14.7. The number of carboxylic acid groups (broad SMARTS) is 1. The molecule has 18 heavy (non-hydrogen) atoms. The van der Waals surface area contributed by atoms with Crippen molar-refractivity contribution < 1.29 is 14.7 Å². The summed E-state index contributed by atoms with van der Waals surface area (Å²) < 4.78 is 0. The summed E-state index contributed by atoms with van der Waals surface area (Å²) in [6.07, 6.45) is 6.28. The van der Waals surface area contributed by atoms with Crippen LogP contribution in [0.3, 0.4) is 0 Å². The molecule has 0 fully saturated rings. The Morgan fingerprint density at radius 2 is 2.17 bits per heavy atom.